The Morgan fingerprint density at radius 3 is 2.30 bits per heavy atom. The minimum Gasteiger partial charge on any atom is -0.348 e. The Morgan fingerprint density at radius 1 is 0.913 bits per heavy atom. The number of nitrogens with zero attached hydrogens (tertiary/aromatic N) is 2. The third-order valence-corrected chi connectivity index (χ3v) is 4.13. The van der Waals surface area contributed by atoms with E-state index in [-0.39, 0.29) is 11.9 Å². The normalized spacial score (nSPS) is 15.7. The van der Waals surface area contributed by atoms with Crippen LogP contribution in [-0.4, -0.2) is 22.1 Å². The fourth-order valence-electron chi connectivity index (χ4n) is 2.87. The van der Waals surface area contributed by atoms with E-state index in [0.29, 0.717) is 11.5 Å². The predicted molar refractivity (Wildman–Crippen MR) is 90.7 cm³/mol. The molecule has 1 amide bonds. The molecule has 23 heavy (non-hydrogen) atoms. The third-order valence-electron chi connectivity index (χ3n) is 4.13. The number of carbonyl (C=O) groups excluding carboxylic acids is 1. The lowest BCUT2D eigenvalue weighted by Gasteiger charge is -2.15. The second-order valence-corrected chi connectivity index (χ2v) is 5.96. The second-order valence-electron chi connectivity index (χ2n) is 5.96. The number of para-hydroxylation sites is 1. The molecule has 1 aliphatic carbocycles. The van der Waals surface area contributed by atoms with E-state index in [1.807, 2.05) is 30.3 Å². The molecule has 5 heteroatoms. The summed E-state index contributed by atoms with van der Waals surface area (Å²) in [6.07, 6.45) is 7.05. The molecule has 1 saturated carbocycles. The molecule has 0 radical (unpaired) electrons. The predicted octanol–water partition coefficient (Wildman–Crippen LogP) is 3.67. The highest BCUT2D eigenvalue weighted by Crippen LogP contribution is 2.18. The molecule has 0 bridgehead atoms. The monoisotopic (exact) mass is 310 g/mol. The molecule has 120 valence electrons. The summed E-state index contributed by atoms with van der Waals surface area (Å²) in [5, 5.41) is 14.4. The van der Waals surface area contributed by atoms with Crippen LogP contribution in [0.2, 0.25) is 0 Å². The molecule has 0 aliphatic heterocycles. The van der Waals surface area contributed by atoms with Crippen molar-refractivity contribution in [2.75, 3.05) is 5.32 Å². The maximum atomic E-state index is 12.3. The Morgan fingerprint density at radius 2 is 1.65 bits per heavy atom. The molecule has 0 saturated heterocycles. The fourth-order valence-corrected chi connectivity index (χ4v) is 2.87. The van der Waals surface area contributed by atoms with Gasteiger partial charge in [0.05, 0.1) is 0 Å². The van der Waals surface area contributed by atoms with Gasteiger partial charge in [-0.3, -0.25) is 4.79 Å². The third kappa shape index (κ3) is 4.52. The van der Waals surface area contributed by atoms with Crippen molar-refractivity contribution in [3.63, 3.8) is 0 Å². The first-order chi connectivity index (χ1) is 11.3. The average Bonchev–Trinajstić information content (AvgIpc) is 2.85. The van der Waals surface area contributed by atoms with Gasteiger partial charge >= 0.3 is 0 Å². The van der Waals surface area contributed by atoms with Crippen molar-refractivity contribution in [1.29, 1.82) is 0 Å². The lowest BCUT2D eigenvalue weighted by molar-refractivity contribution is 0.0927. The van der Waals surface area contributed by atoms with Gasteiger partial charge < -0.3 is 10.6 Å². The van der Waals surface area contributed by atoms with E-state index in [2.05, 4.69) is 20.8 Å². The highest BCUT2D eigenvalue weighted by molar-refractivity contribution is 5.92. The first kappa shape index (κ1) is 15.5. The van der Waals surface area contributed by atoms with Gasteiger partial charge in [-0.25, -0.2) is 0 Å². The van der Waals surface area contributed by atoms with Gasteiger partial charge in [-0.1, -0.05) is 43.9 Å². The summed E-state index contributed by atoms with van der Waals surface area (Å²) >= 11 is 0. The lowest BCUT2D eigenvalue weighted by Crippen LogP contribution is -2.35. The minimum absolute atomic E-state index is 0.129. The van der Waals surface area contributed by atoms with Gasteiger partial charge in [0.25, 0.3) is 5.91 Å². The largest absolute Gasteiger partial charge is 0.348 e. The molecule has 1 heterocycles. The number of hydrogen-bond acceptors (Lipinski definition) is 4. The topological polar surface area (TPSA) is 66.9 Å². The van der Waals surface area contributed by atoms with Crippen molar-refractivity contribution in [3.8, 4) is 0 Å². The van der Waals surface area contributed by atoms with E-state index in [4.69, 9.17) is 0 Å². The number of anilines is 2. The summed E-state index contributed by atoms with van der Waals surface area (Å²) < 4.78 is 0. The smallest absolute Gasteiger partial charge is 0.272 e. The van der Waals surface area contributed by atoms with Gasteiger partial charge in [-0.2, -0.15) is 0 Å². The van der Waals surface area contributed by atoms with E-state index in [0.717, 1.165) is 18.5 Å². The van der Waals surface area contributed by atoms with Crippen LogP contribution in [0.4, 0.5) is 11.5 Å². The minimum atomic E-state index is -0.129. The number of nitrogens with one attached hydrogen (secondary N) is 2. The quantitative estimate of drug-likeness (QED) is 0.846. The standard InChI is InChI=1S/C18H22N4O/c23-18(20-15-10-4-1-2-5-11-15)16-12-13-17(22-21-16)19-14-8-6-3-7-9-14/h3,6-9,12-13,15H,1-2,4-5,10-11H2,(H,19,22)(H,20,23). The number of benzene rings is 1. The SMILES string of the molecule is O=C(NC1CCCCCC1)c1ccc(Nc2ccccc2)nn1. The Bertz CT molecular complexity index is 619. The molecular weight excluding hydrogens is 288 g/mol. The maximum Gasteiger partial charge on any atom is 0.272 e. The van der Waals surface area contributed by atoms with E-state index >= 15 is 0 Å². The molecule has 2 aromatic rings. The number of carbonyl (C=O) groups is 1. The summed E-state index contributed by atoms with van der Waals surface area (Å²) in [6.45, 7) is 0. The van der Waals surface area contributed by atoms with E-state index in [1.54, 1.807) is 12.1 Å². The highest BCUT2D eigenvalue weighted by atomic mass is 16.2. The molecule has 2 N–H and O–H groups in total. The zero-order chi connectivity index (χ0) is 15.9. The van der Waals surface area contributed by atoms with Crippen molar-refractivity contribution in [2.24, 2.45) is 0 Å². The van der Waals surface area contributed by atoms with Crippen LogP contribution >= 0.6 is 0 Å². The second kappa shape index (κ2) is 7.72. The van der Waals surface area contributed by atoms with Crippen molar-refractivity contribution in [3.05, 3.63) is 48.2 Å². The summed E-state index contributed by atoms with van der Waals surface area (Å²) in [7, 11) is 0. The molecule has 1 fully saturated rings. The molecule has 5 nitrogen and oxygen atoms in total. The van der Waals surface area contributed by atoms with Crippen molar-refractivity contribution in [1.82, 2.24) is 15.5 Å². The number of hydrogen-bond donors (Lipinski definition) is 2. The van der Waals surface area contributed by atoms with Crippen LogP contribution in [0.5, 0.6) is 0 Å². The Kier molecular flexibility index (Phi) is 5.19. The summed E-state index contributed by atoms with van der Waals surface area (Å²) in [4.78, 5) is 12.3. The Labute approximate surface area is 136 Å². The molecule has 1 aliphatic rings. The van der Waals surface area contributed by atoms with E-state index < -0.39 is 0 Å². The molecule has 0 spiro atoms. The van der Waals surface area contributed by atoms with Crippen molar-refractivity contribution in [2.45, 2.75) is 44.6 Å². The summed E-state index contributed by atoms with van der Waals surface area (Å²) in [6, 6.07) is 13.5. The van der Waals surface area contributed by atoms with Gasteiger partial charge in [0, 0.05) is 11.7 Å². The van der Waals surface area contributed by atoms with E-state index in [9.17, 15) is 4.79 Å². The molecule has 0 unspecified atom stereocenters. The fraction of sp³-hybridized carbons (Fsp3) is 0.389. The number of aromatic nitrogens is 2. The van der Waals surface area contributed by atoms with Crippen LogP contribution in [0.3, 0.4) is 0 Å². The van der Waals surface area contributed by atoms with Crippen LogP contribution in [0.1, 0.15) is 49.0 Å². The van der Waals surface area contributed by atoms with Crippen molar-refractivity contribution < 1.29 is 4.79 Å². The van der Waals surface area contributed by atoms with Gasteiger partial charge in [0.15, 0.2) is 11.5 Å². The molecule has 3 rings (SSSR count). The average molecular weight is 310 g/mol. The van der Waals surface area contributed by atoms with Gasteiger partial charge in [0.1, 0.15) is 0 Å². The number of amides is 1. The van der Waals surface area contributed by atoms with Crippen LogP contribution in [-0.2, 0) is 0 Å². The first-order valence-electron chi connectivity index (χ1n) is 8.28. The van der Waals surface area contributed by atoms with Crippen LogP contribution in [0.25, 0.3) is 0 Å². The zero-order valence-corrected chi connectivity index (χ0v) is 13.2. The van der Waals surface area contributed by atoms with Gasteiger partial charge in [-0.05, 0) is 37.1 Å². The Balaban J connectivity index is 1.58. The first-order valence-corrected chi connectivity index (χ1v) is 8.28. The molecule has 0 atom stereocenters. The Hall–Kier alpha value is -2.43. The highest BCUT2D eigenvalue weighted by Gasteiger charge is 2.16. The molecular formula is C18H22N4O. The lowest BCUT2D eigenvalue weighted by atomic mass is 10.1. The summed E-state index contributed by atoms with van der Waals surface area (Å²) in [5.41, 5.74) is 1.31. The van der Waals surface area contributed by atoms with Crippen LogP contribution in [0, 0.1) is 0 Å². The summed E-state index contributed by atoms with van der Waals surface area (Å²) in [5.74, 6) is 0.498. The maximum absolute atomic E-state index is 12.3. The van der Waals surface area contributed by atoms with Crippen LogP contribution in [0.15, 0.2) is 42.5 Å². The molecule has 1 aromatic carbocycles. The van der Waals surface area contributed by atoms with Crippen LogP contribution < -0.4 is 10.6 Å². The van der Waals surface area contributed by atoms with E-state index in [1.165, 1.54) is 25.7 Å². The molecule has 1 aromatic heterocycles. The van der Waals surface area contributed by atoms with Crippen molar-refractivity contribution >= 4 is 17.4 Å². The van der Waals surface area contributed by atoms with Gasteiger partial charge in [-0.15, -0.1) is 10.2 Å². The zero-order valence-electron chi connectivity index (χ0n) is 13.2. The number of rotatable bonds is 4. The van der Waals surface area contributed by atoms with Gasteiger partial charge in [0.2, 0.25) is 0 Å².